The minimum absolute atomic E-state index is 0. The van der Waals surface area contributed by atoms with Crippen LogP contribution < -0.4 is 0 Å². The maximum absolute atomic E-state index is 4.64. The molecule has 264 valence electrons. The zero-order chi connectivity index (χ0) is 37.1. The van der Waals surface area contributed by atoms with E-state index >= 15 is 0 Å². The molecule has 0 saturated carbocycles. The number of hydrogen-bond donors (Lipinski definition) is 0. The first kappa shape index (κ1) is 38.2. The van der Waals surface area contributed by atoms with E-state index in [1.807, 2.05) is 146 Å². The number of nitrogens with zero attached hydrogens (tertiary/aromatic N) is 3. The van der Waals surface area contributed by atoms with Gasteiger partial charge >= 0.3 is 20.1 Å². The van der Waals surface area contributed by atoms with Crippen molar-refractivity contribution in [2.24, 2.45) is 0 Å². The molecule has 0 amide bonds. The van der Waals surface area contributed by atoms with E-state index in [0.29, 0.717) is 0 Å². The van der Waals surface area contributed by atoms with Crippen LogP contribution >= 0.6 is 0 Å². The molecule has 0 saturated heterocycles. The van der Waals surface area contributed by atoms with Crippen molar-refractivity contribution in [3.05, 3.63) is 218 Å². The first-order valence-electron chi connectivity index (χ1n) is 17.6. The molecular weight excluding hydrogens is 847 g/mol. The SMILES string of the molecule is C=Cc1c[c-]c(-c2ccc3ccccc3n2)cc1.C=Cc1c[c-]c(-c2ccc3ccccc3n2)cc1.C=Cc1c[c-]c(-c2ccc3ccccc3n2)cc1.[Ir+3]. The largest absolute Gasteiger partial charge is 3.00 e. The molecule has 0 atom stereocenters. The molecule has 0 spiro atoms. The van der Waals surface area contributed by atoms with Crippen molar-refractivity contribution in [3.63, 3.8) is 0 Å². The number of hydrogen-bond acceptors (Lipinski definition) is 3. The second-order valence-corrected chi connectivity index (χ2v) is 12.4. The molecule has 3 nitrogen and oxygen atoms in total. The van der Waals surface area contributed by atoms with Crippen molar-refractivity contribution < 1.29 is 20.1 Å². The third kappa shape index (κ3) is 9.51. The van der Waals surface area contributed by atoms with Gasteiger partial charge in [0.1, 0.15) is 0 Å². The van der Waals surface area contributed by atoms with Crippen molar-refractivity contribution >= 4 is 50.9 Å². The Morgan fingerprint density at radius 1 is 0.345 bits per heavy atom. The Bertz CT molecular complexity index is 2400. The van der Waals surface area contributed by atoms with Gasteiger partial charge in [-0.05, 0) is 51.4 Å². The van der Waals surface area contributed by atoms with Gasteiger partial charge in [0.05, 0.1) is 16.6 Å². The van der Waals surface area contributed by atoms with Crippen molar-refractivity contribution in [1.29, 1.82) is 0 Å². The molecule has 0 fully saturated rings. The molecular formula is C51H36IrN3. The first-order valence-corrected chi connectivity index (χ1v) is 17.6. The van der Waals surface area contributed by atoms with Gasteiger partial charge in [-0.15, -0.1) is 144 Å². The maximum atomic E-state index is 4.64. The summed E-state index contributed by atoms with van der Waals surface area (Å²) in [6.45, 7) is 11.2. The fourth-order valence-corrected chi connectivity index (χ4v) is 5.82. The summed E-state index contributed by atoms with van der Waals surface area (Å²) in [4.78, 5) is 13.9. The van der Waals surface area contributed by atoms with Crippen LogP contribution in [0.4, 0.5) is 0 Å². The smallest absolute Gasteiger partial charge is 0.296 e. The van der Waals surface area contributed by atoms with Gasteiger partial charge < -0.3 is 0 Å². The van der Waals surface area contributed by atoms with Gasteiger partial charge in [0.15, 0.2) is 0 Å². The minimum Gasteiger partial charge on any atom is -0.296 e. The third-order valence-electron chi connectivity index (χ3n) is 8.84. The van der Waals surface area contributed by atoms with Crippen LogP contribution in [-0.4, -0.2) is 15.0 Å². The molecule has 0 N–H and O–H groups in total. The van der Waals surface area contributed by atoms with E-state index in [1.54, 1.807) is 0 Å². The van der Waals surface area contributed by atoms with Crippen LogP contribution in [0.3, 0.4) is 0 Å². The molecule has 0 radical (unpaired) electrons. The van der Waals surface area contributed by atoms with Crippen LogP contribution in [0.15, 0.2) is 184 Å². The van der Waals surface area contributed by atoms with Gasteiger partial charge in [0.2, 0.25) is 0 Å². The summed E-state index contributed by atoms with van der Waals surface area (Å²) < 4.78 is 0. The normalized spacial score (nSPS) is 10.3. The molecule has 0 unspecified atom stereocenters. The van der Waals surface area contributed by atoms with Crippen LogP contribution in [0.25, 0.3) is 84.7 Å². The van der Waals surface area contributed by atoms with Crippen molar-refractivity contribution in [2.75, 3.05) is 0 Å². The number of aromatic nitrogens is 3. The zero-order valence-electron chi connectivity index (χ0n) is 30.1. The van der Waals surface area contributed by atoms with Gasteiger partial charge in [-0.3, -0.25) is 15.0 Å². The van der Waals surface area contributed by atoms with Gasteiger partial charge in [0.25, 0.3) is 0 Å². The standard InChI is InChI=1S/3C17H12N.Ir/c3*1-2-13-7-9-15(10-8-13)17-12-11-14-5-3-4-6-16(14)18-17;/h3*2-9,11-12H,1H2;/q3*-1;+3. The Labute approximate surface area is 336 Å². The number of benzene rings is 6. The zero-order valence-corrected chi connectivity index (χ0v) is 32.5. The summed E-state index contributed by atoms with van der Waals surface area (Å²) in [6, 6.07) is 64.3. The average molecular weight is 883 g/mol. The summed E-state index contributed by atoms with van der Waals surface area (Å²) in [5.74, 6) is 0. The van der Waals surface area contributed by atoms with Crippen molar-refractivity contribution in [1.82, 2.24) is 15.0 Å². The van der Waals surface area contributed by atoms with Crippen molar-refractivity contribution in [2.45, 2.75) is 0 Å². The second-order valence-electron chi connectivity index (χ2n) is 12.4. The van der Waals surface area contributed by atoms with Crippen molar-refractivity contribution in [3.8, 4) is 33.8 Å². The summed E-state index contributed by atoms with van der Waals surface area (Å²) in [5, 5.41) is 3.47. The Morgan fingerprint density at radius 3 is 0.891 bits per heavy atom. The fraction of sp³-hybridized carbons (Fsp3) is 0. The van der Waals surface area contributed by atoms with Crippen LogP contribution in [0.1, 0.15) is 16.7 Å². The van der Waals surface area contributed by atoms with E-state index in [-0.39, 0.29) is 20.1 Å². The monoisotopic (exact) mass is 883 g/mol. The maximum Gasteiger partial charge on any atom is 3.00 e. The second kappa shape index (κ2) is 18.4. The molecule has 55 heavy (non-hydrogen) atoms. The average Bonchev–Trinajstić information content (AvgIpc) is 3.26. The van der Waals surface area contributed by atoms with Gasteiger partial charge in [-0.25, -0.2) is 0 Å². The molecule has 3 aromatic heterocycles. The van der Waals surface area contributed by atoms with E-state index in [0.717, 1.165) is 83.2 Å². The Hall–Kier alpha value is -6.58. The summed E-state index contributed by atoms with van der Waals surface area (Å²) >= 11 is 0. The van der Waals surface area contributed by atoms with Crippen LogP contribution in [0.5, 0.6) is 0 Å². The third-order valence-corrected chi connectivity index (χ3v) is 8.84. The first-order chi connectivity index (χ1) is 26.6. The molecule has 0 aliphatic rings. The van der Waals surface area contributed by atoms with E-state index < -0.39 is 0 Å². The van der Waals surface area contributed by atoms with Gasteiger partial charge in [0, 0.05) is 0 Å². The van der Waals surface area contributed by atoms with E-state index in [2.05, 4.69) is 89.3 Å². The molecule has 9 rings (SSSR count). The summed E-state index contributed by atoms with van der Waals surface area (Å²) in [6.07, 6.45) is 5.44. The molecule has 9 aromatic rings. The Kier molecular flexibility index (Phi) is 12.8. The topological polar surface area (TPSA) is 38.7 Å². The minimum atomic E-state index is 0. The van der Waals surface area contributed by atoms with Crippen LogP contribution in [-0.2, 0) is 20.1 Å². The van der Waals surface area contributed by atoms with E-state index in [9.17, 15) is 0 Å². The van der Waals surface area contributed by atoms with Gasteiger partial charge in [-0.1, -0.05) is 91.0 Å². The molecule has 3 heterocycles. The van der Waals surface area contributed by atoms with Gasteiger partial charge in [-0.2, -0.15) is 0 Å². The molecule has 0 aliphatic heterocycles. The van der Waals surface area contributed by atoms with Crippen LogP contribution in [0.2, 0.25) is 0 Å². The summed E-state index contributed by atoms with van der Waals surface area (Å²) in [5.41, 5.74) is 12.1. The number of rotatable bonds is 6. The Morgan fingerprint density at radius 2 is 0.636 bits per heavy atom. The number of para-hydroxylation sites is 3. The molecule has 4 heteroatoms. The van der Waals surface area contributed by atoms with E-state index in [4.69, 9.17) is 0 Å². The fourth-order valence-electron chi connectivity index (χ4n) is 5.82. The predicted octanol–water partition coefficient (Wildman–Crippen LogP) is 13.0. The summed E-state index contributed by atoms with van der Waals surface area (Å²) in [7, 11) is 0. The van der Waals surface area contributed by atoms with E-state index in [1.165, 1.54) is 0 Å². The molecule has 0 bridgehead atoms. The Balaban J connectivity index is 0.000000139. The number of fused-ring (bicyclic) bond motifs is 3. The predicted molar refractivity (Wildman–Crippen MR) is 228 cm³/mol. The quantitative estimate of drug-likeness (QED) is 0.156. The molecule has 6 aromatic carbocycles. The van der Waals surface area contributed by atoms with Crippen LogP contribution in [0, 0.1) is 18.2 Å². The molecule has 0 aliphatic carbocycles. The number of pyridine rings is 3.